The molecule has 1 heterocycles. The largest absolute Gasteiger partial charge is 0.319 e. The van der Waals surface area contributed by atoms with Gasteiger partial charge in [-0.15, -0.1) is 0 Å². The Kier molecular flexibility index (Phi) is 4.62. The Morgan fingerprint density at radius 2 is 1.92 bits per heavy atom. The highest BCUT2D eigenvalue weighted by Gasteiger charge is 2.12. The highest BCUT2D eigenvalue weighted by Crippen LogP contribution is 2.21. The van der Waals surface area contributed by atoms with E-state index in [1.807, 2.05) is 23.7 Å². The minimum absolute atomic E-state index is 0.113. The number of benzene rings is 2. The highest BCUT2D eigenvalue weighted by atomic mass is 32.2. The van der Waals surface area contributed by atoms with Gasteiger partial charge in [0, 0.05) is 18.9 Å². The second-order valence-corrected chi connectivity index (χ2v) is 8.80. The number of hydrogen-bond donors (Lipinski definition) is 0. The van der Waals surface area contributed by atoms with Crippen molar-refractivity contribution < 1.29 is 13.2 Å². The third-order valence-corrected chi connectivity index (χ3v) is 6.20. The first kappa shape index (κ1) is 17.6. The fourth-order valence-corrected chi connectivity index (χ4v) is 4.42. The summed E-state index contributed by atoms with van der Waals surface area (Å²) in [6, 6.07) is 12.0. The summed E-state index contributed by atoms with van der Waals surface area (Å²) in [6.45, 7) is 2.09. The van der Waals surface area contributed by atoms with Gasteiger partial charge >= 0.3 is 0 Å². The van der Waals surface area contributed by atoms with E-state index in [2.05, 4.69) is 18.0 Å². The molecule has 0 saturated carbocycles. The van der Waals surface area contributed by atoms with Crippen molar-refractivity contribution in [3.63, 3.8) is 0 Å². The van der Waals surface area contributed by atoms with Crippen LogP contribution in [-0.4, -0.2) is 25.1 Å². The second-order valence-electron chi connectivity index (χ2n) is 5.78. The average molecular weight is 374 g/mol. The smallest absolute Gasteiger partial charge is 0.279 e. The van der Waals surface area contributed by atoms with E-state index in [9.17, 15) is 13.2 Å². The topological polar surface area (TPSA) is 68.5 Å². The monoisotopic (exact) mass is 374 g/mol. The molecule has 0 fully saturated rings. The van der Waals surface area contributed by atoms with Crippen LogP contribution < -0.4 is 4.80 Å². The number of amides is 1. The zero-order chi connectivity index (χ0) is 18.2. The zero-order valence-electron chi connectivity index (χ0n) is 14.2. The van der Waals surface area contributed by atoms with Crippen molar-refractivity contribution in [3.8, 4) is 0 Å². The van der Waals surface area contributed by atoms with E-state index >= 15 is 0 Å². The van der Waals surface area contributed by atoms with Crippen LogP contribution in [0.1, 0.15) is 22.8 Å². The SMILES string of the molecule is CCc1cccc2sc(=NC(=O)c3cccc(S(C)(=O)=O)c3)n(C)c12. The van der Waals surface area contributed by atoms with Crippen molar-refractivity contribution in [2.24, 2.45) is 12.0 Å². The van der Waals surface area contributed by atoms with Gasteiger partial charge in [0.25, 0.3) is 5.91 Å². The van der Waals surface area contributed by atoms with Crippen LogP contribution in [0.3, 0.4) is 0 Å². The van der Waals surface area contributed by atoms with Gasteiger partial charge in [-0.25, -0.2) is 8.42 Å². The molecule has 3 aromatic rings. The lowest BCUT2D eigenvalue weighted by atomic mass is 10.1. The first-order chi connectivity index (χ1) is 11.8. The maximum atomic E-state index is 12.5. The van der Waals surface area contributed by atoms with E-state index in [-0.39, 0.29) is 10.5 Å². The summed E-state index contributed by atoms with van der Waals surface area (Å²) in [5.41, 5.74) is 2.53. The van der Waals surface area contributed by atoms with Crippen LogP contribution in [0.2, 0.25) is 0 Å². The lowest BCUT2D eigenvalue weighted by molar-refractivity contribution is 0.0997. The van der Waals surface area contributed by atoms with E-state index in [1.54, 1.807) is 12.1 Å². The molecule has 2 aromatic carbocycles. The third kappa shape index (κ3) is 3.43. The molecule has 0 spiro atoms. The number of para-hydroxylation sites is 1. The number of thiazole rings is 1. The standard InChI is InChI=1S/C18H18N2O3S2/c1-4-12-7-6-10-15-16(12)20(2)18(24-15)19-17(21)13-8-5-9-14(11-13)25(3,22)23/h5-11H,4H2,1-3H3. The molecular weight excluding hydrogens is 356 g/mol. The lowest BCUT2D eigenvalue weighted by Gasteiger charge is -2.02. The molecule has 0 aliphatic rings. The minimum atomic E-state index is -3.37. The first-order valence-electron chi connectivity index (χ1n) is 7.78. The van der Waals surface area contributed by atoms with Gasteiger partial charge < -0.3 is 4.57 Å². The van der Waals surface area contributed by atoms with Gasteiger partial charge in [0.15, 0.2) is 14.6 Å². The fourth-order valence-electron chi connectivity index (χ4n) is 2.69. The number of aromatic nitrogens is 1. The molecule has 0 atom stereocenters. The Labute approximate surface area is 150 Å². The Hall–Kier alpha value is -2.25. The van der Waals surface area contributed by atoms with Gasteiger partial charge in [0.05, 0.1) is 15.1 Å². The zero-order valence-corrected chi connectivity index (χ0v) is 15.8. The van der Waals surface area contributed by atoms with Crippen LogP contribution in [0.15, 0.2) is 52.4 Å². The maximum Gasteiger partial charge on any atom is 0.279 e. The number of carbonyl (C=O) groups is 1. The molecule has 0 saturated heterocycles. The Bertz CT molecular complexity index is 1140. The molecule has 130 valence electrons. The van der Waals surface area contributed by atoms with E-state index in [0.29, 0.717) is 4.80 Å². The summed E-state index contributed by atoms with van der Waals surface area (Å²) in [6.07, 6.45) is 2.01. The normalized spacial score (nSPS) is 12.7. The molecule has 5 nitrogen and oxygen atoms in total. The summed E-state index contributed by atoms with van der Waals surface area (Å²) in [4.78, 5) is 17.4. The van der Waals surface area contributed by atoms with Crippen LogP contribution in [0, 0.1) is 0 Å². The quantitative estimate of drug-likeness (QED) is 0.708. The van der Waals surface area contributed by atoms with Gasteiger partial charge in [-0.1, -0.05) is 36.5 Å². The van der Waals surface area contributed by atoms with Crippen molar-refractivity contribution in [1.82, 2.24) is 4.57 Å². The van der Waals surface area contributed by atoms with Crippen LogP contribution in [0.4, 0.5) is 0 Å². The molecule has 0 bridgehead atoms. The van der Waals surface area contributed by atoms with Crippen molar-refractivity contribution >= 4 is 37.3 Å². The number of sulfone groups is 1. The molecule has 0 unspecified atom stereocenters. The molecular formula is C18H18N2O3S2. The van der Waals surface area contributed by atoms with Gasteiger partial charge in [-0.2, -0.15) is 4.99 Å². The van der Waals surface area contributed by atoms with Crippen molar-refractivity contribution in [2.45, 2.75) is 18.2 Å². The first-order valence-corrected chi connectivity index (χ1v) is 10.5. The summed E-state index contributed by atoms with van der Waals surface area (Å²) in [7, 11) is -1.48. The summed E-state index contributed by atoms with van der Waals surface area (Å²) < 4.78 is 26.3. The summed E-state index contributed by atoms with van der Waals surface area (Å²) in [5, 5.41) is 0. The molecule has 0 aliphatic carbocycles. The lowest BCUT2D eigenvalue weighted by Crippen LogP contribution is -2.14. The van der Waals surface area contributed by atoms with Gasteiger partial charge in [-0.05, 0) is 36.2 Å². The van der Waals surface area contributed by atoms with E-state index < -0.39 is 15.7 Å². The second kappa shape index (κ2) is 6.57. The molecule has 25 heavy (non-hydrogen) atoms. The van der Waals surface area contributed by atoms with Gasteiger partial charge in [0.2, 0.25) is 0 Å². The van der Waals surface area contributed by atoms with Crippen LogP contribution in [-0.2, 0) is 23.3 Å². The summed E-state index contributed by atoms with van der Waals surface area (Å²) in [5.74, 6) is -0.453. The number of aryl methyl sites for hydroxylation is 2. The molecule has 0 N–H and O–H groups in total. The van der Waals surface area contributed by atoms with Crippen LogP contribution in [0.5, 0.6) is 0 Å². The molecule has 1 amide bonds. The predicted octanol–water partition coefficient (Wildman–Crippen LogP) is 2.95. The Morgan fingerprint density at radius 1 is 1.20 bits per heavy atom. The fraction of sp³-hybridized carbons (Fsp3) is 0.222. The molecule has 0 radical (unpaired) electrons. The van der Waals surface area contributed by atoms with E-state index in [0.717, 1.165) is 22.9 Å². The number of rotatable bonds is 3. The number of hydrogen-bond acceptors (Lipinski definition) is 4. The van der Waals surface area contributed by atoms with Gasteiger partial charge in [-0.3, -0.25) is 4.79 Å². The summed E-state index contributed by atoms with van der Waals surface area (Å²) >= 11 is 1.44. The Morgan fingerprint density at radius 3 is 2.60 bits per heavy atom. The average Bonchev–Trinajstić information content (AvgIpc) is 2.90. The number of carbonyl (C=O) groups excluding carboxylic acids is 1. The third-order valence-electron chi connectivity index (χ3n) is 3.99. The molecule has 3 rings (SSSR count). The van der Waals surface area contributed by atoms with Gasteiger partial charge in [0.1, 0.15) is 0 Å². The number of nitrogens with zero attached hydrogens (tertiary/aromatic N) is 2. The van der Waals surface area contributed by atoms with E-state index in [1.165, 1.54) is 29.0 Å². The molecule has 1 aromatic heterocycles. The molecule has 0 aliphatic heterocycles. The van der Waals surface area contributed by atoms with E-state index in [4.69, 9.17) is 0 Å². The highest BCUT2D eigenvalue weighted by molar-refractivity contribution is 7.90. The van der Waals surface area contributed by atoms with Crippen LogP contribution >= 0.6 is 11.3 Å². The Balaban J connectivity index is 2.11. The van der Waals surface area contributed by atoms with Crippen LogP contribution in [0.25, 0.3) is 10.2 Å². The van der Waals surface area contributed by atoms with Crippen molar-refractivity contribution in [2.75, 3.05) is 6.26 Å². The minimum Gasteiger partial charge on any atom is -0.319 e. The maximum absolute atomic E-state index is 12.5. The number of fused-ring (bicyclic) bond motifs is 1. The predicted molar refractivity (Wildman–Crippen MR) is 99.6 cm³/mol. The molecule has 7 heteroatoms. The van der Waals surface area contributed by atoms with Crippen molar-refractivity contribution in [1.29, 1.82) is 0 Å². The van der Waals surface area contributed by atoms with Crippen molar-refractivity contribution in [3.05, 3.63) is 58.4 Å².